The van der Waals surface area contributed by atoms with Crippen LogP contribution in [-0.2, 0) is 4.74 Å². The smallest absolute Gasteiger partial charge is 0.123 e. The maximum atomic E-state index is 5.36. The van der Waals surface area contributed by atoms with Crippen molar-refractivity contribution >= 4 is 0 Å². The Balaban J connectivity index is 2.04. The standard InChI is InChI=1S/C13H19NO2/c1-10(14-11-7-8-16-9-11)12-5-3-4-6-13(12)15-2/h3-6,10-11,14H,7-9H2,1-2H3/t10-,11?/m0/s1. The van der Waals surface area contributed by atoms with E-state index in [1.807, 2.05) is 18.2 Å². The van der Waals surface area contributed by atoms with Gasteiger partial charge in [-0.25, -0.2) is 0 Å². The molecule has 0 spiro atoms. The molecule has 1 heterocycles. The van der Waals surface area contributed by atoms with Gasteiger partial charge in [0, 0.05) is 24.3 Å². The van der Waals surface area contributed by atoms with E-state index in [4.69, 9.17) is 9.47 Å². The predicted molar refractivity (Wildman–Crippen MR) is 63.8 cm³/mol. The van der Waals surface area contributed by atoms with Crippen molar-refractivity contribution in [1.29, 1.82) is 0 Å². The van der Waals surface area contributed by atoms with Crippen LogP contribution in [0.15, 0.2) is 24.3 Å². The van der Waals surface area contributed by atoms with Crippen LogP contribution in [0.3, 0.4) is 0 Å². The van der Waals surface area contributed by atoms with Gasteiger partial charge in [0.15, 0.2) is 0 Å². The van der Waals surface area contributed by atoms with E-state index >= 15 is 0 Å². The molecule has 1 saturated heterocycles. The number of para-hydroxylation sites is 1. The number of ether oxygens (including phenoxy) is 2. The SMILES string of the molecule is COc1ccccc1[C@H](C)NC1CCOC1. The van der Waals surface area contributed by atoms with Crippen molar-refractivity contribution in [2.45, 2.75) is 25.4 Å². The number of hydrogen-bond donors (Lipinski definition) is 1. The van der Waals surface area contributed by atoms with Crippen molar-refractivity contribution in [1.82, 2.24) is 5.32 Å². The van der Waals surface area contributed by atoms with Crippen molar-refractivity contribution in [2.75, 3.05) is 20.3 Å². The van der Waals surface area contributed by atoms with Crippen LogP contribution >= 0.6 is 0 Å². The third-order valence-corrected chi connectivity index (χ3v) is 3.02. The second kappa shape index (κ2) is 5.32. The van der Waals surface area contributed by atoms with E-state index < -0.39 is 0 Å². The Labute approximate surface area is 96.8 Å². The monoisotopic (exact) mass is 221 g/mol. The number of benzene rings is 1. The Morgan fingerprint density at radius 1 is 1.44 bits per heavy atom. The number of nitrogens with one attached hydrogen (secondary N) is 1. The molecule has 16 heavy (non-hydrogen) atoms. The van der Waals surface area contributed by atoms with Gasteiger partial charge < -0.3 is 14.8 Å². The first-order valence-electron chi connectivity index (χ1n) is 5.78. The molecule has 1 aliphatic rings. The predicted octanol–water partition coefficient (Wildman–Crippen LogP) is 2.13. The Bertz CT molecular complexity index is 334. The summed E-state index contributed by atoms with van der Waals surface area (Å²) in [6.45, 7) is 3.85. The van der Waals surface area contributed by atoms with Crippen LogP contribution in [0.4, 0.5) is 0 Å². The molecule has 1 aliphatic heterocycles. The quantitative estimate of drug-likeness (QED) is 0.845. The Morgan fingerprint density at radius 2 is 2.25 bits per heavy atom. The highest BCUT2D eigenvalue weighted by Gasteiger charge is 2.19. The third kappa shape index (κ3) is 2.54. The molecule has 1 unspecified atom stereocenters. The molecular weight excluding hydrogens is 202 g/mol. The Hall–Kier alpha value is -1.06. The molecule has 88 valence electrons. The second-order valence-corrected chi connectivity index (χ2v) is 4.19. The van der Waals surface area contributed by atoms with Gasteiger partial charge >= 0.3 is 0 Å². The first-order chi connectivity index (χ1) is 7.81. The maximum absolute atomic E-state index is 5.36. The van der Waals surface area contributed by atoms with Crippen molar-refractivity contribution in [2.24, 2.45) is 0 Å². The van der Waals surface area contributed by atoms with E-state index in [2.05, 4.69) is 18.3 Å². The van der Waals surface area contributed by atoms with Crippen LogP contribution in [0.25, 0.3) is 0 Å². The average Bonchev–Trinajstić information content (AvgIpc) is 2.81. The van der Waals surface area contributed by atoms with E-state index in [9.17, 15) is 0 Å². The lowest BCUT2D eigenvalue weighted by atomic mass is 10.1. The van der Waals surface area contributed by atoms with Gasteiger partial charge in [0.1, 0.15) is 5.75 Å². The second-order valence-electron chi connectivity index (χ2n) is 4.19. The normalized spacial score (nSPS) is 22.0. The average molecular weight is 221 g/mol. The fourth-order valence-corrected chi connectivity index (χ4v) is 2.13. The molecule has 1 aromatic rings. The first kappa shape index (κ1) is 11.4. The van der Waals surface area contributed by atoms with E-state index in [0.717, 1.165) is 25.4 Å². The van der Waals surface area contributed by atoms with E-state index in [1.54, 1.807) is 7.11 Å². The zero-order valence-electron chi connectivity index (χ0n) is 9.90. The van der Waals surface area contributed by atoms with Crippen LogP contribution in [-0.4, -0.2) is 26.4 Å². The van der Waals surface area contributed by atoms with Crippen molar-refractivity contribution in [3.63, 3.8) is 0 Å². The summed E-state index contributed by atoms with van der Waals surface area (Å²) in [5.74, 6) is 0.946. The number of hydrogen-bond acceptors (Lipinski definition) is 3. The van der Waals surface area contributed by atoms with Gasteiger partial charge in [-0.3, -0.25) is 0 Å². The zero-order valence-corrected chi connectivity index (χ0v) is 9.90. The maximum Gasteiger partial charge on any atom is 0.123 e. The minimum atomic E-state index is 0.294. The summed E-state index contributed by atoms with van der Waals surface area (Å²) in [5.41, 5.74) is 1.21. The van der Waals surface area contributed by atoms with Crippen LogP contribution in [0, 0.1) is 0 Å². The van der Waals surface area contributed by atoms with Crippen LogP contribution < -0.4 is 10.1 Å². The summed E-state index contributed by atoms with van der Waals surface area (Å²) in [6, 6.07) is 8.91. The molecule has 2 atom stereocenters. The fraction of sp³-hybridized carbons (Fsp3) is 0.538. The number of rotatable bonds is 4. The molecular formula is C13H19NO2. The van der Waals surface area contributed by atoms with E-state index in [1.165, 1.54) is 5.56 Å². The minimum Gasteiger partial charge on any atom is -0.496 e. The van der Waals surface area contributed by atoms with Gasteiger partial charge in [-0.1, -0.05) is 18.2 Å². The summed E-state index contributed by atoms with van der Waals surface area (Å²) in [7, 11) is 1.71. The molecule has 0 bridgehead atoms. The molecule has 3 nitrogen and oxygen atoms in total. The Kier molecular flexibility index (Phi) is 3.80. The third-order valence-electron chi connectivity index (χ3n) is 3.02. The van der Waals surface area contributed by atoms with E-state index in [0.29, 0.717) is 12.1 Å². The van der Waals surface area contributed by atoms with Crippen molar-refractivity contribution in [3.05, 3.63) is 29.8 Å². The fourth-order valence-electron chi connectivity index (χ4n) is 2.13. The summed E-state index contributed by atoms with van der Waals surface area (Å²) in [4.78, 5) is 0. The first-order valence-corrected chi connectivity index (χ1v) is 5.78. The van der Waals surface area contributed by atoms with Crippen molar-refractivity contribution in [3.8, 4) is 5.75 Å². The molecule has 3 heteroatoms. The molecule has 0 aliphatic carbocycles. The topological polar surface area (TPSA) is 30.5 Å². The summed E-state index contributed by atoms with van der Waals surface area (Å²) in [5, 5.41) is 3.56. The summed E-state index contributed by atoms with van der Waals surface area (Å²) in [6.07, 6.45) is 1.10. The Morgan fingerprint density at radius 3 is 2.94 bits per heavy atom. The van der Waals surface area contributed by atoms with Gasteiger partial charge in [-0.05, 0) is 19.4 Å². The zero-order chi connectivity index (χ0) is 11.4. The minimum absolute atomic E-state index is 0.294. The lowest BCUT2D eigenvalue weighted by Crippen LogP contribution is -2.31. The largest absolute Gasteiger partial charge is 0.496 e. The highest BCUT2D eigenvalue weighted by atomic mass is 16.5. The molecule has 1 N–H and O–H groups in total. The van der Waals surface area contributed by atoms with Crippen LogP contribution in [0.2, 0.25) is 0 Å². The molecule has 0 aromatic heterocycles. The molecule has 2 rings (SSSR count). The van der Waals surface area contributed by atoms with Gasteiger partial charge in [0.2, 0.25) is 0 Å². The van der Waals surface area contributed by atoms with E-state index in [-0.39, 0.29) is 0 Å². The van der Waals surface area contributed by atoms with Gasteiger partial charge in [0.05, 0.1) is 13.7 Å². The lowest BCUT2D eigenvalue weighted by molar-refractivity contribution is 0.188. The molecule has 0 amide bonds. The molecule has 0 saturated carbocycles. The molecule has 1 fully saturated rings. The van der Waals surface area contributed by atoms with Gasteiger partial charge in [-0.15, -0.1) is 0 Å². The molecule has 0 radical (unpaired) electrons. The van der Waals surface area contributed by atoms with Gasteiger partial charge in [0.25, 0.3) is 0 Å². The summed E-state index contributed by atoms with van der Waals surface area (Å²) < 4.78 is 10.7. The van der Waals surface area contributed by atoms with Gasteiger partial charge in [-0.2, -0.15) is 0 Å². The number of methoxy groups -OCH3 is 1. The highest BCUT2D eigenvalue weighted by Crippen LogP contribution is 2.25. The molecule has 1 aromatic carbocycles. The summed E-state index contributed by atoms with van der Waals surface area (Å²) >= 11 is 0. The van der Waals surface area contributed by atoms with Crippen molar-refractivity contribution < 1.29 is 9.47 Å². The lowest BCUT2D eigenvalue weighted by Gasteiger charge is -2.20. The van der Waals surface area contributed by atoms with Crippen LogP contribution in [0.1, 0.15) is 24.9 Å². The highest BCUT2D eigenvalue weighted by molar-refractivity contribution is 5.35. The van der Waals surface area contributed by atoms with Crippen LogP contribution in [0.5, 0.6) is 5.75 Å².